The highest BCUT2D eigenvalue weighted by Gasteiger charge is 2.17. The van der Waals surface area contributed by atoms with E-state index < -0.39 is 0 Å². The second-order valence-electron chi connectivity index (χ2n) is 7.46. The molecule has 3 aromatic heterocycles. The molecule has 0 fully saturated rings. The molecule has 1 aliphatic rings. The Bertz CT molecular complexity index is 1210. The molecule has 1 N–H and O–H groups in total. The predicted molar refractivity (Wildman–Crippen MR) is 111 cm³/mol. The molecule has 5 rings (SSSR count). The topological polar surface area (TPSA) is 77.1 Å². The van der Waals surface area contributed by atoms with E-state index in [0.717, 1.165) is 54.4 Å². The van der Waals surface area contributed by atoms with E-state index in [0.29, 0.717) is 11.4 Å². The highest BCUT2D eigenvalue weighted by molar-refractivity contribution is 6.03. The molecule has 0 aliphatic carbocycles. The molecule has 7 nitrogen and oxygen atoms in total. The summed E-state index contributed by atoms with van der Waals surface area (Å²) >= 11 is 0. The smallest absolute Gasteiger partial charge is 0.275 e. The average Bonchev–Trinajstić information content (AvgIpc) is 3.27. The van der Waals surface area contributed by atoms with E-state index in [-0.39, 0.29) is 5.91 Å². The Balaban J connectivity index is 1.42. The number of pyridine rings is 1. The molecule has 7 heteroatoms. The number of hydrogen-bond donors (Lipinski definition) is 1. The van der Waals surface area contributed by atoms with Gasteiger partial charge in [0.05, 0.1) is 0 Å². The number of fused-ring (bicyclic) bond motifs is 2. The quantitative estimate of drug-likeness (QED) is 0.580. The molecule has 1 amide bonds. The molecule has 0 bridgehead atoms. The van der Waals surface area contributed by atoms with E-state index in [2.05, 4.69) is 25.1 Å². The van der Waals surface area contributed by atoms with Crippen LogP contribution in [0.2, 0.25) is 0 Å². The zero-order chi connectivity index (χ0) is 19.8. The van der Waals surface area contributed by atoms with Crippen LogP contribution in [0.15, 0.2) is 48.7 Å². The molecule has 4 aromatic rings. The van der Waals surface area contributed by atoms with E-state index in [4.69, 9.17) is 0 Å². The van der Waals surface area contributed by atoms with Gasteiger partial charge in [-0.25, -0.2) is 4.98 Å². The fraction of sp³-hybridized carbons (Fsp3) is 0.273. The van der Waals surface area contributed by atoms with Gasteiger partial charge in [0.25, 0.3) is 5.91 Å². The third-order valence-electron chi connectivity index (χ3n) is 5.42. The molecule has 4 heterocycles. The number of aromatic nitrogens is 5. The number of amides is 1. The van der Waals surface area contributed by atoms with Crippen molar-refractivity contribution in [3.63, 3.8) is 0 Å². The summed E-state index contributed by atoms with van der Waals surface area (Å²) in [5.74, 6) is 1.68. The second-order valence-corrected chi connectivity index (χ2v) is 7.46. The first kappa shape index (κ1) is 17.6. The second kappa shape index (κ2) is 7.16. The fourth-order valence-electron chi connectivity index (χ4n) is 3.89. The van der Waals surface area contributed by atoms with Gasteiger partial charge in [0.2, 0.25) is 0 Å². The summed E-state index contributed by atoms with van der Waals surface area (Å²) in [7, 11) is 0. The van der Waals surface area contributed by atoms with E-state index in [1.165, 1.54) is 6.42 Å². The predicted octanol–water partition coefficient (Wildman–Crippen LogP) is 3.88. The van der Waals surface area contributed by atoms with Gasteiger partial charge in [-0.15, -0.1) is 10.2 Å². The first-order chi connectivity index (χ1) is 14.2. The molecule has 0 spiro atoms. The van der Waals surface area contributed by atoms with Crippen LogP contribution in [0.1, 0.15) is 41.3 Å². The maximum absolute atomic E-state index is 12.8. The van der Waals surface area contributed by atoms with Gasteiger partial charge < -0.3 is 14.3 Å². The van der Waals surface area contributed by atoms with Crippen molar-refractivity contribution in [2.24, 2.45) is 0 Å². The van der Waals surface area contributed by atoms with Crippen LogP contribution in [0.25, 0.3) is 17.0 Å². The minimum atomic E-state index is -0.231. The van der Waals surface area contributed by atoms with Gasteiger partial charge in [0, 0.05) is 36.1 Å². The number of aryl methyl sites for hydroxylation is 2. The highest BCUT2D eigenvalue weighted by Crippen LogP contribution is 2.25. The van der Waals surface area contributed by atoms with Gasteiger partial charge in [0.15, 0.2) is 5.82 Å². The molecular formula is C22H22N6O. The Morgan fingerprint density at radius 1 is 1.07 bits per heavy atom. The number of carbonyl (C=O) groups excluding carboxylic acids is 1. The number of nitrogens with zero attached hydrogens (tertiary/aromatic N) is 5. The molecular weight excluding hydrogens is 364 g/mol. The lowest BCUT2D eigenvalue weighted by Gasteiger charge is -2.09. The van der Waals surface area contributed by atoms with Crippen LogP contribution in [0.3, 0.4) is 0 Å². The minimum absolute atomic E-state index is 0.231. The average molecular weight is 386 g/mol. The van der Waals surface area contributed by atoms with E-state index >= 15 is 0 Å². The number of carbonyl (C=O) groups is 1. The summed E-state index contributed by atoms with van der Waals surface area (Å²) in [6, 6.07) is 13.6. The normalized spacial score (nSPS) is 13.8. The molecule has 0 unspecified atom stereocenters. The van der Waals surface area contributed by atoms with E-state index in [9.17, 15) is 4.79 Å². The monoisotopic (exact) mass is 386 g/mol. The molecule has 0 atom stereocenters. The number of benzene rings is 1. The molecule has 0 saturated carbocycles. The van der Waals surface area contributed by atoms with Crippen LogP contribution in [-0.4, -0.2) is 30.1 Å². The lowest BCUT2D eigenvalue weighted by atomic mass is 10.2. The fourth-order valence-corrected chi connectivity index (χ4v) is 3.89. The minimum Gasteiger partial charge on any atom is -0.321 e. The van der Waals surface area contributed by atoms with Crippen molar-refractivity contribution in [2.75, 3.05) is 5.32 Å². The van der Waals surface area contributed by atoms with Crippen molar-refractivity contribution in [3.8, 4) is 11.4 Å². The lowest BCUT2D eigenvalue weighted by molar-refractivity contribution is 0.102. The summed E-state index contributed by atoms with van der Waals surface area (Å²) in [6.45, 7) is 2.93. The lowest BCUT2D eigenvalue weighted by Crippen LogP contribution is -2.12. The number of rotatable bonds is 3. The van der Waals surface area contributed by atoms with Gasteiger partial charge in [-0.3, -0.25) is 4.79 Å². The molecule has 1 aliphatic heterocycles. The van der Waals surface area contributed by atoms with Crippen LogP contribution < -0.4 is 5.32 Å². The Hall–Kier alpha value is -3.48. The molecule has 1 aromatic carbocycles. The third kappa shape index (κ3) is 3.29. The highest BCUT2D eigenvalue weighted by atomic mass is 16.1. The third-order valence-corrected chi connectivity index (χ3v) is 5.42. The number of nitrogens with one attached hydrogen (secondary N) is 1. The van der Waals surface area contributed by atoms with Gasteiger partial charge in [0.1, 0.15) is 17.2 Å². The molecule has 0 radical (unpaired) electrons. The Morgan fingerprint density at radius 2 is 1.97 bits per heavy atom. The first-order valence-corrected chi connectivity index (χ1v) is 9.98. The molecule has 29 heavy (non-hydrogen) atoms. The largest absolute Gasteiger partial charge is 0.321 e. The van der Waals surface area contributed by atoms with E-state index in [1.54, 1.807) is 6.20 Å². The van der Waals surface area contributed by atoms with Crippen molar-refractivity contribution in [2.45, 2.75) is 39.2 Å². The SMILES string of the molecule is Cc1cccc2nc(C(=O)Nc3cccc(-c4nnc5n4CCCCC5)c3)cn12. The van der Waals surface area contributed by atoms with Crippen molar-refractivity contribution < 1.29 is 4.79 Å². The summed E-state index contributed by atoms with van der Waals surface area (Å²) in [6.07, 6.45) is 6.25. The summed E-state index contributed by atoms with van der Waals surface area (Å²) in [5, 5.41) is 11.7. The maximum Gasteiger partial charge on any atom is 0.275 e. The zero-order valence-corrected chi connectivity index (χ0v) is 16.3. The molecule has 0 saturated heterocycles. The van der Waals surface area contributed by atoms with E-state index in [1.807, 2.05) is 53.8 Å². The van der Waals surface area contributed by atoms with Crippen molar-refractivity contribution in [1.29, 1.82) is 0 Å². The Morgan fingerprint density at radius 3 is 2.86 bits per heavy atom. The Labute approximate surface area is 168 Å². The number of imidazole rings is 1. The number of anilines is 1. The van der Waals surface area contributed by atoms with Crippen LogP contribution in [0.5, 0.6) is 0 Å². The summed E-state index contributed by atoms with van der Waals surface area (Å²) in [4.78, 5) is 17.2. The van der Waals surface area contributed by atoms with Crippen molar-refractivity contribution in [1.82, 2.24) is 24.1 Å². The summed E-state index contributed by atoms with van der Waals surface area (Å²) in [5.41, 5.74) is 3.85. The Kier molecular flexibility index (Phi) is 4.35. The van der Waals surface area contributed by atoms with Gasteiger partial charge in [-0.1, -0.05) is 24.6 Å². The summed E-state index contributed by atoms with van der Waals surface area (Å²) < 4.78 is 4.12. The van der Waals surface area contributed by atoms with Crippen LogP contribution in [0.4, 0.5) is 5.69 Å². The first-order valence-electron chi connectivity index (χ1n) is 9.98. The van der Waals surface area contributed by atoms with Crippen molar-refractivity contribution in [3.05, 3.63) is 65.9 Å². The van der Waals surface area contributed by atoms with Gasteiger partial charge in [-0.05, 0) is 44.0 Å². The zero-order valence-electron chi connectivity index (χ0n) is 16.3. The van der Waals surface area contributed by atoms with Crippen molar-refractivity contribution >= 4 is 17.2 Å². The van der Waals surface area contributed by atoms with Gasteiger partial charge in [-0.2, -0.15) is 0 Å². The molecule has 146 valence electrons. The maximum atomic E-state index is 12.8. The standard InChI is InChI=1S/C22H22N6O/c1-15-7-5-11-19-24-18(14-28(15)19)22(29)23-17-9-6-8-16(13-17)21-26-25-20-10-3-2-4-12-27(20)21/h5-9,11,13-14H,2-4,10,12H2,1H3,(H,23,29). The van der Waals surface area contributed by atoms with Crippen LogP contribution >= 0.6 is 0 Å². The van der Waals surface area contributed by atoms with Crippen LogP contribution in [-0.2, 0) is 13.0 Å². The van der Waals surface area contributed by atoms with Crippen LogP contribution in [0, 0.1) is 6.92 Å². The van der Waals surface area contributed by atoms with Gasteiger partial charge >= 0.3 is 0 Å². The number of hydrogen-bond acceptors (Lipinski definition) is 4.